The van der Waals surface area contributed by atoms with Crippen LogP contribution >= 0.6 is 0 Å². The lowest BCUT2D eigenvalue weighted by atomic mass is 10.1. The highest BCUT2D eigenvalue weighted by Gasteiger charge is 2.03. The van der Waals surface area contributed by atoms with Gasteiger partial charge in [-0.3, -0.25) is 0 Å². The zero-order chi connectivity index (χ0) is 15.2. The van der Waals surface area contributed by atoms with Crippen LogP contribution in [0.3, 0.4) is 0 Å². The predicted octanol–water partition coefficient (Wildman–Crippen LogP) is 3.37. The van der Waals surface area contributed by atoms with Gasteiger partial charge in [-0.1, -0.05) is 42.0 Å². The van der Waals surface area contributed by atoms with E-state index >= 15 is 0 Å². The molecule has 0 bridgehead atoms. The molecule has 110 valence electrons. The summed E-state index contributed by atoms with van der Waals surface area (Å²) in [5, 5.41) is 15.0. The highest BCUT2D eigenvalue weighted by Crippen LogP contribution is 2.12. The van der Waals surface area contributed by atoms with Crippen molar-refractivity contribution in [3.05, 3.63) is 65.2 Å². The second-order valence-electron chi connectivity index (χ2n) is 5.09. The number of nitrogens with one attached hydrogen (secondary N) is 2. The number of hydrogen-bond donors (Lipinski definition) is 3. The molecule has 2 amide bonds. The summed E-state index contributed by atoms with van der Waals surface area (Å²) in [6.45, 7) is 4.17. The number of carbonyl (C=O) groups is 1. The van der Waals surface area contributed by atoms with Crippen LogP contribution in [-0.2, 0) is 6.54 Å². The smallest absolute Gasteiger partial charge is 0.319 e. The van der Waals surface area contributed by atoms with Gasteiger partial charge in [0.25, 0.3) is 0 Å². The van der Waals surface area contributed by atoms with E-state index in [9.17, 15) is 9.90 Å². The van der Waals surface area contributed by atoms with Crippen molar-refractivity contribution in [2.75, 3.05) is 5.32 Å². The van der Waals surface area contributed by atoms with Crippen molar-refractivity contribution in [1.29, 1.82) is 0 Å². The van der Waals surface area contributed by atoms with Gasteiger partial charge in [-0.2, -0.15) is 0 Å². The quantitative estimate of drug-likeness (QED) is 0.806. The van der Waals surface area contributed by atoms with Gasteiger partial charge in [0.05, 0.1) is 6.10 Å². The summed E-state index contributed by atoms with van der Waals surface area (Å²) < 4.78 is 0. The fourth-order valence-electron chi connectivity index (χ4n) is 1.91. The van der Waals surface area contributed by atoms with E-state index in [1.165, 1.54) is 0 Å². The zero-order valence-electron chi connectivity index (χ0n) is 12.3. The second-order valence-corrected chi connectivity index (χ2v) is 5.09. The van der Waals surface area contributed by atoms with Crippen LogP contribution in [-0.4, -0.2) is 11.1 Å². The van der Waals surface area contributed by atoms with E-state index in [4.69, 9.17) is 0 Å². The van der Waals surface area contributed by atoms with Crippen molar-refractivity contribution >= 4 is 11.7 Å². The molecular weight excluding hydrogens is 264 g/mol. The molecule has 0 unspecified atom stereocenters. The molecular formula is C17H20N2O2. The maximum absolute atomic E-state index is 11.8. The molecule has 2 aromatic rings. The van der Waals surface area contributed by atoms with Gasteiger partial charge in [-0.25, -0.2) is 4.79 Å². The summed E-state index contributed by atoms with van der Waals surface area (Å²) >= 11 is 0. The molecule has 21 heavy (non-hydrogen) atoms. The number of aliphatic hydroxyl groups excluding tert-OH is 1. The highest BCUT2D eigenvalue weighted by atomic mass is 16.3. The molecule has 0 aliphatic heterocycles. The van der Waals surface area contributed by atoms with Crippen molar-refractivity contribution in [3.8, 4) is 0 Å². The van der Waals surface area contributed by atoms with Gasteiger partial charge < -0.3 is 15.7 Å². The number of aliphatic hydroxyl groups is 1. The molecule has 0 fully saturated rings. The lowest BCUT2D eigenvalue weighted by Crippen LogP contribution is -2.28. The average molecular weight is 284 g/mol. The SMILES string of the molecule is Cc1ccc(NC(=O)NCc2ccc([C@H](C)O)cc2)cc1. The Bertz CT molecular complexity index is 589. The second kappa shape index (κ2) is 6.90. The largest absolute Gasteiger partial charge is 0.389 e. The van der Waals surface area contributed by atoms with Crippen molar-refractivity contribution < 1.29 is 9.90 Å². The maximum Gasteiger partial charge on any atom is 0.319 e. The third kappa shape index (κ3) is 4.61. The first kappa shape index (κ1) is 15.1. The summed E-state index contributed by atoms with van der Waals surface area (Å²) in [4.78, 5) is 11.8. The molecule has 4 heteroatoms. The number of rotatable bonds is 4. The minimum Gasteiger partial charge on any atom is -0.389 e. The molecule has 3 N–H and O–H groups in total. The Hall–Kier alpha value is -2.33. The standard InChI is InChI=1S/C17H20N2O2/c1-12-3-9-16(10-4-12)19-17(21)18-11-14-5-7-15(8-6-14)13(2)20/h3-10,13,20H,11H2,1-2H3,(H2,18,19,21)/t13-/m0/s1. The van der Waals surface area contributed by atoms with Gasteiger partial charge in [0.1, 0.15) is 0 Å². The van der Waals surface area contributed by atoms with Gasteiger partial charge in [0, 0.05) is 12.2 Å². The minimum atomic E-state index is -0.475. The third-order valence-corrected chi connectivity index (χ3v) is 3.22. The van der Waals surface area contributed by atoms with Crippen LogP contribution in [0.25, 0.3) is 0 Å². The first-order valence-corrected chi connectivity index (χ1v) is 6.93. The number of anilines is 1. The molecule has 0 heterocycles. The van der Waals surface area contributed by atoms with Crippen molar-refractivity contribution in [2.45, 2.75) is 26.5 Å². The molecule has 1 atom stereocenters. The number of urea groups is 1. The van der Waals surface area contributed by atoms with Crippen LogP contribution in [0.2, 0.25) is 0 Å². The van der Waals surface area contributed by atoms with Crippen molar-refractivity contribution in [1.82, 2.24) is 5.32 Å². The van der Waals surface area contributed by atoms with Gasteiger partial charge in [0.2, 0.25) is 0 Å². The number of aryl methyl sites for hydroxylation is 1. The molecule has 0 saturated heterocycles. The Morgan fingerprint density at radius 3 is 2.29 bits per heavy atom. The van der Waals surface area contributed by atoms with E-state index < -0.39 is 6.10 Å². The summed E-state index contributed by atoms with van der Waals surface area (Å²) in [5.41, 5.74) is 3.77. The van der Waals surface area contributed by atoms with E-state index in [0.717, 1.165) is 22.4 Å². The van der Waals surface area contributed by atoms with Crippen LogP contribution in [0.4, 0.5) is 10.5 Å². The van der Waals surface area contributed by atoms with Crippen LogP contribution in [0, 0.1) is 6.92 Å². The normalized spacial score (nSPS) is 11.8. The number of carbonyl (C=O) groups excluding carboxylic acids is 1. The first-order chi connectivity index (χ1) is 10.0. The fraction of sp³-hybridized carbons (Fsp3) is 0.235. The van der Waals surface area contributed by atoms with Crippen LogP contribution in [0.15, 0.2) is 48.5 Å². The molecule has 2 aromatic carbocycles. The number of amides is 2. The van der Waals surface area contributed by atoms with E-state index in [1.54, 1.807) is 6.92 Å². The van der Waals surface area contributed by atoms with E-state index in [1.807, 2.05) is 55.5 Å². The maximum atomic E-state index is 11.8. The monoisotopic (exact) mass is 284 g/mol. The number of hydrogen-bond acceptors (Lipinski definition) is 2. The molecule has 0 aromatic heterocycles. The third-order valence-electron chi connectivity index (χ3n) is 3.22. The Morgan fingerprint density at radius 1 is 1.10 bits per heavy atom. The van der Waals surface area contributed by atoms with Gasteiger partial charge in [-0.05, 0) is 37.1 Å². The predicted molar refractivity (Wildman–Crippen MR) is 84.1 cm³/mol. The lowest BCUT2D eigenvalue weighted by Gasteiger charge is -2.09. The Balaban J connectivity index is 1.84. The Morgan fingerprint density at radius 2 is 1.71 bits per heavy atom. The van der Waals surface area contributed by atoms with Gasteiger partial charge >= 0.3 is 6.03 Å². The summed E-state index contributed by atoms with van der Waals surface area (Å²) in [6.07, 6.45) is -0.475. The van der Waals surface area contributed by atoms with Gasteiger partial charge in [0.15, 0.2) is 0 Å². The first-order valence-electron chi connectivity index (χ1n) is 6.93. The van der Waals surface area contributed by atoms with Gasteiger partial charge in [-0.15, -0.1) is 0 Å². The van der Waals surface area contributed by atoms with Crippen LogP contribution in [0.1, 0.15) is 29.7 Å². The Labute approximate surface area is 124 Å². The highest BCUT2D eigenvalue weighted by molar-refractivity contribution is 5.89. The Kier molecular flexibility index (Phi) is 4.95. The molecule has 4 nitrogen and oxygen atoms in total. The summed E-state index contributed by atoms with van der Waals surface area (Å²) in [6, 6.07) is 14.9. The minimum absolute atomic E-state index is 0.238. The van der Waals surface area contributed by atoms with Crippen molar-refractivity contribution in [3.63, 3.8) is 0 Å². The molecule has 0 aliphatic carbocycles. The summed E-state index contributed by atoms with van der Waals surface area (Å²) in [5.74, 6) is 0. The summed E-state index contributed by atoms with van der Waals surface area (Å²) in [7, 11) is 0. The average Bonchev–Trinajstić information content (AvgIpc) is 2.48. The molecule has 0 spiro atoms. The van der Waals surface area contributed by atoms with Crippen LogP contribution in [0.5, 0.6) is 0 Å². The molecule has 0 radical (unpaired) electrons. The lowest BCUT2D eigenvalue weighted by molar-refractivity contribution is 0.199. The van der Waals surface area contributed by atoms with E-state index in [2.05, 4.69) is 10.6 Å². The molecule has 0 saturated carbocycles. The zero-order valence-corrected chi connectivity index (χ0v) is 12.3. The molecule has 0 aliphatic rings. The molecule has 2 rings (SSSR count). The topological polar surface area (TPSA) is 61.4 Å². The van der Waals surface area contributed by atoms with Crippen molar-refractivity contribution in [2.24, 2.45) is 0 Å². The fourth-order valence-corrected chi connectivity index (χ4v) is 1.91. The van der Waals surface area contributed by atoms with E-state index in [0.29, 0.717) is 6.54 Å². The van der Waals surface area contributed by atoms with Crippen LogP contribution < -0.4 is 10.6 Å². The number of benzene rings is 2. The van der Waals surface area contributed by atoms with E-state index in [-0.39, 0.29) is 6.03 Å².